The number of hydrogen-bond acceptors (Lipinski definition) is 4. The second kappa shape index (κ2) is 7.62. The number of hydrogen-bond donors (Lipinski definition) is 1. The third-order valence-corrected chi connectivity index (χ3v) is 5.40. The van der Waals surface area contributed by atoms with E-state index in [1.54, 1.807) is 0 Å². The minimum Gasteiger partial charge on any atom is -0.341 e. The van der Waals surface area contributed by atoms with Crippen LogP contribution in [0.2, 0.25) is 0 Å². The number of rotatable bonds is 6. The van der Waals surface area contributed by atoms with E-state index in [9.17, 15) is 9.59 Å². The third-order valence-electron chi connectivity index (χ3n) is 5.40. The largest absolute Gasteiger partial charge is 0.341 e. The van der Waals surface area contributed by atoms with Crippen molar-refractivity contribution in [3.8, 4) is 0 Å². The van der Waals surface area contributed by atoms with Gasteiger partial charge in [0.1, 0.15) is 0 Å². The van der Waals surface area contributed by atoms with Gasteiger partial charge < -0.3 is 15.1 Å². The number of carbonyl (C=O) groups is 2. The van der Waals surface area contributed by atoms with Gasteiger partial charge in [-0.1, -0.05) is 0 Å². The van der Waals surface area contributed by atoms with Gasteiger partial charge in [0.15, 0.2) is 0 Å². The molecule has 2 heterocycles. The maximum Gasteiger partial charge on any atom is 0.239 e. The molecule has 130 valence electrons. The molecule has 3 fully saturated rings. The summed E-state index contributed by atoms with van der Waals surface area (Å²) in [6.07, 6.45) is 4.88. The van der Waals surface area contributed by atoms with Gasteiger partial charge in [-0.25, -0.2) is 0 Å². The zero-order valence-corrected chi connectivity index (χ0v) is 14.3. The van der Waals surface area contributed by atoms with Crippen molar-refractivity contribution >= 4 is 11.8 Å². The van der Waals surface area contributed by atoms with Crippen molar-refractivity contribution in [2.45, 2.75) is 38.6 Å². The first-order chi connectivity index (χ1) is 11.1. The molecule has 2 amide bonds. The van der Waals surface area contributed by atoms with Crippen LogP contribution in [0.5, 0.6) is 0 Å². The summed E-state index contributed by atoms with van der Waals surface area (Å²) in [6.45, 7) is 8.34. The summed E-state index contributed by atoms with van der Waals surface area (Å²) in [4.78, 5) is 30.8. The monoisotopic (exact) mass is 322 g/mol. The van der Waals surface area contributed by atoms with E-state index in [2.05, 4.69) is 10.2 Å². The van der Waals surface area contributed by atoms with E-state index in [-0.39, 0.29) is 17.9 Å². The topological polar surface area (TPSA) is 55.9 Å². The Morgan fingerprint density at radius 2 is 1.65 bits per heavy atom. The van der Waals surface area contributed by atoms with Gasteiger partial charge >= 0.3 is 0 Å². The highest BCUT2D eigenvalue weighted by atomic mass is 16.2. The van der Waals surface area contributed by atoms with Crippen molar-refractivity contribution in [1.29, 1.82) is 0 Å². The molecule has 0 radical (unpaired) electrons. The summed E-state index contributed by atoms with van der Waals surface area (Å²) in [5, 5.41) is 3.27. The predicted molar refractivity (Wildman–Crippen MR) is 89.0 cm³/mol. The van der Waals surface area contributed by atoms with Crippen LogP contribution < -0.4 is 5.32 Å². The van der Waals surface area contributed by atoms with Crippen molar-refractivity contribution in [2.24, 2.45) is 5.92 Å². The predicted octanol–water partition coefficient (Wildman–Crippen LogP) is 0.141. The lowest BCUT2D eigenvalue weighted by molar-refractivity contribution is -0.137. The van der Waals surface area contributed by atoms with Gasteiger partial charge in [0.25, 0.3) is 0 Å². The van der Waals surface area contributed by atoms with Gasteiger partial charge in [0, 0.05) is 39.3 Å². The Balaban J connectivity index is 1.38. The fourth-order valence-corrected chi connectivity index (χ4v) is 3.53. The van der Waals surface area contributed by atoms with Gasteiger partial charge in [-0.05, 0) is 45.1 Å². The summed E-state index contributed by atoms with van der Waals surface area (Å²) in [6, 6.07) is -0.0571. The first kappa shape index (κ1) is 16.7. The average molecular weight is 322 g/mol. The molecule has 0 aromatic heterocycles. The molecule has 6 heteroatoms. The molecule has 1 N–H and O–H groups in total. The zero-order valence-electron chi connectivity index (χ0n) is 14.3. The number of carbonyl (C=O) groups excluding carboxylic acids is 2. The number of piperazine rings is 1. The fraction of sp³-hybridized carbons (Fsp3) is 0.882. The number of amides is 2. The minimum atomic E-state index is -0.0571. The van der Waals surface area contributed by atoms with Crippen molar-refractivity contribution < 1.29 is 9.59 Å². The van der Waals surface area contributed by atoms with Gasteiger partial charge in [0.2, 0.25) is 11.8 Å². The van der Waals surface area contributed by atoms with Crippen LogP contribution in [0.15, 0.2) is 0 Å². The van der Waals surface area contributed by atoms with Crippen molar-refractivity contribution in [3.63, 3.8) is 0 Å². The van der Waals surface area contributed by atoms with E-state index in [0.29, 0.717) is 6.54 Å². The molecule has 0 aromatic rings. The SMILES string of the molecule is CC(C(=O)N1CCCC1)N1CCN(C(=O)CNCC2CC2)CC1. The standard InChI is InChI=1S/C17H30N4O2/c1-14(17(23)21-6-2-3-7-21)19-8-10-20(11-9-19)16(22)13-18-12-15-4-5-15/h14-15,18H,2-13H2,1H3. The second-order valence-corrected chi connectivity index (χ2v) is 7.20. The van der Waals surface area contributed by atoms with Crippen LogP contribution in [0.25, 0.3) is 0 Å². The van der Waals surface area contributed by atoms with Gasteiger partial charge in [-0.3, -0.25) is 14.5 Å². The molecule has 0 aromatic carbocycles. The third kappa shape index (κ3) is 4.44. The Labute approximate surface area is 139 Å². The Morgan fingerprint density at radius 1 is 1.00 bits per heavy atom. The zero-order chi connectivity index (χ0) is 16.2. The van der Waals surface area contributed by atoms with E-state index in [1.807, 2.05) is 16.7 Å². The van der Waals surface area contributed by atoms with E-state index in [4.69, 9.17) is 0 Å². The normalized spacial score (nSPS) is 24.0. The Hall–Kier alpha value is -1.14. The molecule has 0 spiro atoms. The minimum absolute atomic E-state index is 0.0571. The Bertz CT molecular complexity index is 424. The van der Waals surface area contributed by atoms with Crippen LogP contribution in [0, 0.1) is 5.92 Å². The maximum atomic E-state index is 12.5. The fourth-order valence-electron chi connectivity index (χ4n) is 3.53. The second-order valence-electron chi connectivity index (χ2n) is 7.20. The summed E-state index contributed by atoms with van der Waals surface area (Å²) in [5.41, 5.74) is 0. The van der Waals surface area contributed by atoms with E-state index >= 15 is 0 Å². The van der Waals surface area contributed by atoms with Gasteiger partial charge in [-0.15, -0.1) is 0 Å². The molecule has 3 aliphatic rings. The van der Waals surface area contributed by atoms with E-state index < -0.39 is 0 Å². The van der Waals surface area contributed by atoms with Crippen molar-refractivity contribution in [3.05, 3.63) is 0 Å². The van der Waals surface area contributed by atoms with Gasteiger partial charge in [0.05, 0.1) is 12.6 Å². The lowest BCUT2D eigenvalue weighted by Crippen LogP contribution is -2.56. The molecule has 23 heavy (non-hydrogen) atoms. The van der Waals surface area contributed by atoms with Crippen molar-refractivity contribution in [2.75, 3.05) is 52.4 Å². The first-order valence-corrected chi connectivity index (χ1v) is 9.16. The molecule has 2 saturated heterocycles. The average Bonchev–Trinajstić information content (AvgIpc) is 3.24. The van der Waals surface area contributed by atoms with Crippen molar-refractivity contribution in [1.82, 2.24) is 20.0 Å². The molecule has 0 bridgehead atoms. The smallest absolute Gasteiger partial charge is 0.239 e. The highest BCUT2D eigenvalue weighted by Gasteiger charge is 2.31. The summed E-state index contributed by atoms with van der Waals surface area (Å²) >= 11 is 0. The highest BCUT2D eigenvalue weighted by molar-refractivity contribution is 5.82. The lowest BCUT2D eigenvalue weighted by Gasteiger charge is -2.38. The van der Waals surface area contributed by atoms with Crippen LogP contribution in [-0.4, -0.2) is 84.9 Å². The van der Waals surface area contributed by atoms with E-state index in [0.717, 1.165) is 64.6 Å². The lowest BCUT2D eigenvalue weighted by atomic mass is 10.2. The highest BCUT2D eigenvalue weighted by Crippen LogP contribution is 2.27. The first-order valence-electron chi connectivity index (χ1n) is 9.16. The van der Waals surface area contributed by atoms with Crippen LogP contribution >= 0.6 is 0 Å². The molecular formula is C17H30N4O2. The number of likely N-dealkylation sites (tertiary alicyclic amines) is 1. The maximum absolute atomic E-state index is 12.5. The Kier molecular flexibility index (Phi) is 5.54. The summed E-state index contributed by atoms with van der Waals surface area (Å²) < 4.78 is 0. The molecule has 1 atom stereocenters. The molecule has 1 unspecified atom stereocenters. The number of nitrogens with zero attached hydrogens (tertiary/aromatic N) is 3. The van der Waals surface area contributed by atoms with Crippen LogP contribution in [0.3, 0.4) is 0 Å². The summed E-state index contributed by atoms with van der Waals surface area (Å²) in [7, 11) is 0. The molecule has 3 rings (SSSR count). The van der Waals surface area contributed by atoms with Crippen LogP contribution in [-0.2, 0) is 9.59 Å². The molecule has 2 aliphatic heterocycles. The van der Waals surface area contributed by atoms with Crippen LogP contribution in [0.4, 0.5) is 0 Å². The summed E-state index contributed by atoms with van der Waals surface area (Å²) in [5.74, 6) is 1.26. The molecule has 6 nitrogen and oxygen atoms in total. The quantitative estimate of drug-likeness (QED) is 0.756. The van der Waals surface area contributed by atoms with Gasteiger partial charge in [-0.2, -0.15) is 0 Å². The molecule has 1 aliphatic carbocycles. The Morgan fingerprint density at radius 3 is 2.26 bits per heavy atom. The molecular weight excluding hydrogens is 292 g/mol. The van der Waals surface area contributed by atoms with E-state index in [1.165, 1.54) is 12.8 Å². The number of nitrogens with one attached hydrogen (secondary N) is 1. The van der Waals surface area contributed by atoms with Crippen LogP contribution in [0.1, 0.15) is 32.6 Å². The molecule has 1 saturated carbocycles.